The molecule has 1 saturated heterocycles. The molecule has 2 aromatic carbocycles. The minimum Gasteiger partial charge on any atom is -0.497 e. The maximum Gasteiger partial charge on any atom is 0.282 e. The normalized spacial score (nSPS) is 13.9. The number of methoxy groups -OCH3 is 1. The molecule has 6 nitrogen and oxygen atoms in total. The maximum atomic E-state index is 13.1. The SMILES string of the molecule is COc1ccc2nc(N(Cc3ccccc3)C(=O)CN3CCSC3=O)sc2c1. The van der Waals surface area contributed by atoms with Crippen molar-refractivity contribution in [3.05, 3.63) is 54.1 Å². The summed E-state index contributed by atoms with van der Waals surface area (Å²) in [7, 11) is 1.62. The zero-order valence-corrected chi connectivity index (χ0v) is 17.0. The van der Waals surface area contributed by atoms with Gasteiger partial charge >= 0.3 is 0 Å². The van der Waals surface area contributed by atoms with E-state index in [1.54, 1.807) is 16.9 Å². The molecule has 0 N–H and O–H groups in total. The minimum atomic E-state index is -0.134. The van der Waals surface area contributed by atoms with Crippen LogP contribution in [0.15, 0.2) is 48.5 Å². The Hall–Kier alpha value is -2.58. The summed E-state index contributed by atoms with van der Waals surface area (Å²) in [4.78, 5) is 33.0. The molecule has 0 bridgehead atoms. The highest BCUT2D eigenvalue weighted by Gasteiger charge is 2.27. The van der Waals surface area contributed by atoms with Crippen molar-refractivity contribution in [3.8, 4) is 5.75 Å². The van der Waals surface area contributed by atoms with Crippen molar-refractivity contribution in [1.29, 1.82) is 0 Å². The van der Waals surface area contributed by atoms with Gasteiger partial charge in [-0.2, -0.15) is 0 Å². The highest BCUT2D eigenvalue weighted by molar-refractivity contribution is 8.13. The molecule has 144 valence electrons. The molecule has 0 spiro atoms. The molecule has 8 heteroatoms. The average Bonchev–Trinajstić information content (AvgIpc) is 3.32. The van der Waals surface area contributed by atoms with Gasteiger partial charge in [0.15, 0.2) is 5.13 Å². The number of nitrogens with zero attached hydrogens (tertiary/aromatic N) is 3. The first-order valence-corrected chi connectivity index (χ1v) is 10.6. The van der Waals surface area contributed by atoms with Gasteiger partial charge in [-0.1, -0.05) is 53.4 Å². The second-order valence-electron chi connectivity index (χ2n) is 6.33. The van der Waals surface area contributed by atoms with E-state index in [1.165, 1.54) is 23.1 Å². The second-order valence-corrected chi connectivity index (χ2v) is 8.39. The summed E-state index contributed by atoms with van der Waals surface area (Å²) >= 11 is 2.70. The van der Waals surface area contributed by atoms with Gasteiger partial charge < -0.3 is 9.64 Å². The van der Waals surface area contributed by atoms with Crippen LogP contribution in [-0.2, 0) is 11.3 Å². The second kappa shape index (κ2) is 8.20. The lowest BCUT2D eigenvalue weighted by Gasteiger charge is -2.23. The van der Waals surface area contributed by atoms with Crippen molar-refractivity contribution in [1.82, 2.24) is 9.88 Å². The molecule has 1 aromatic heterocycles. The van der Waals surface area contributed by atoms with Crippen LogP contribution in [0.1, 0.15) is 5.56 Å². The van der Waals surface area contributed by atoms with Crippen molar-refractivity contribution in [2.24, 2.45) is 0 Å². The van der Waals surface area contributed by atoms with Gasteiger partial charge in [-0.15, -0.1) is 0 Å². The molecule has 0 saturated carbocycles. The molecule has 0 atom stereocenters. The van der Waals surface area contributed by atoms with Crippen LogP contribution in [-0.4, -0.2) is 47.0 Å². The van der Waals surface area contributed by atoms with Gasteiger partial charge in [0.1, 0.15) is 12.3 Å². The van der Waals surface area contributed by atoms with Gasteiger partial charge in [-0.25, -0.2) is 4.98 Å². The number of hydrogen-bond acceptors (Lipinski definition) is 6. The topological polar surface area (TPSA) is 62.7 Å². The number of thiazole rings is 1. The van der Waals surface area contributed by atoms with Crippen LogP contribution in [0.2, 0.25) is 0 Å². The number of anilines is 1. The first-order valence-electron chi connectivity index (χ1n) is 8.84. The molecule has 1 fully saturated rings. The quantitative estimate of drug-likeness (QED) is 0.611. The highest BCUT2D eigenvalue weighted by atomic mass is 32.2. The summed E-state index contributed by atoms with van der Waals surface area (Å²) < 4.78 is 6.24. The fourth-order valence-electron chi connectivity index (χ4n) is 2.98. The predicted octanol–water partition coefficient (Wildman–Crippen LogP) is 4.01. The third-order valence-corrected chi connectivity index (χ3v) is 6.40. The van der Waals surface area contributed by atoms with E-state index < -0.39 is 0 Å². The fourth-order valence-corrected chi connectivity index (χ4v) is 4.82. The molecular formula is C20H19N3O3S2. The van der Waals surface area contributed by atoms with E-state index in [1.807, 2.05) is 48.5 Å². The maximum absolute atomic E-state index is 13.1. The lowest BCUT2D eigenvalue weighted by Crippen LogP contribution is -2.40. The monoisotopic (exact) mass is 413 g/mol. The number of thioether (sulfide) groups is 1. The predicted molar refractivity (Wildman–Crippen MR) is 113 cm³/mol. The van der Waals surface area contributed by atoms with E-state index in [0.717, 1.165) is 27.3 Å². The van der Waals surface area contributed by atoms with Crippen molar-refractivity contribution in [2.45, 2.75) is 6.54 Å². The van der Waals surface area contributed by atoms with Gasteiger partial charge in [-0.05, 0) is 23.8 Å². The summed E-state index contributed by atoms with van der Waals surface area (Å²) in [6.07, 6.45) is 0. The molecule has 28 heavy (non-hydrogen) atoms. The molecule has 4 rings (SSSR count). The van der Waals surface area contributed by atoms with E-state index in [4.69, 9.17) is 4.74 Å². The number of ether oxygens (including phenoxy) is 1. The summed E-state index contributed by atoms with van der Waals surface area (Å²) in [5.74, 6) is 1.35. The Kier molecular flexibility index (Phi) is 5.50. The van der Waals surface area contributed by atoms with E-state index in [9.17, 15) is 9.59 Å². The van der Waals surface area contributed by atoms with Crippen LogP contribution in [0.5, 0.6) is 5.75 Å². The number of carbonyl (C=O) groups is 2. The third kappa shape index (κ3) is 3.98. The Morgan fingerprint density at radius 2 is 2.07 bits per heavy atom. The van der Waals surface area contributed by atoms with Crippen molar-refractivity contribution < 1.29 is 14.3 Å². The molecule has 1 aliphatic rings. The molecule has 0 unspecified atom stereocenters. The lowest BCUT2D eigenvalue weighted by atomic mass is 10.2. The van der Waals surface area contributed by atoms with Gasteiger partial charge in [0.2, 0.25) is 5.91 Å². The Bertz CT molecular complexity index is 1010. The Morgan fingerprint density at radius 1 is 1.25 bits per heavy atom. The smallest absolute Gasteiger partial charge is 0.282 e. The number of carbonyl (C=O) groups excluding carboxylic acids is 2. The highest BCUT2D eigenvalue weighted by Crippen LogP contribution is 2.32. The van der Waals surface area contributed by atoms with E-state index in [2.05, 4.69) is 4.98 Å². The molecular weight excluding hydrogens is 394 g/mol. The van der Waals surface area contributed by atoms with Gasteiger partial charge in [0.25, 0.3) is 5.24 Å². The number of amides is 2. The largest absolute Gasteiger partial charge is 0.497 e. The van der Waals surface area contributed by atoms with Crippen LogP contribution < -0.4 is 9.64 Å². The van der Waals surface area contributed by atoms with Crippen LogP contribution in [0.4, 0.5) is 9.93 Å². The number of benzene rings is 2. The summed E-state index contributed by atoms with van der Waals surface area (Å²) in [5.41, 5.74) is 1.83. The molecule has 2 heterocycles. The minimum absolute atomic E-state index is 0.0398. The summed E-state index contributed by atoms with van der Waals surface area (Å²) in [6, 6.07) is 15.5. The summed E-state index contributed by atoms with van der Waals surface area (Å²) in [6.45, 7) is 1.08. The standard InChI is InChI=1S/C20H19N3O3S2/c1-26-15-7-8-16-17(11-15)28-19(21-16)23(12-14-5-3-2-4-6-14)18(24)13-22-9-10-27-20(22)25/h2-8,11H,9-10,12-13H2,1H3. The van der Waals surface area contributed by atoms with Gasteiger partial charge in [0, 0.05) is 12.3 Å². The Morgan fingerprint density at radius 3 is 2.79 bits per heavy atom. The number of fused-ring (bicyclic) bond motifs is 1. The van der Waals surface area contributed by atoms with Crippen LogP contribution in [0, 0.1) is 0 Å². The average molecular weight is 414 g/mol. The molecule has 1 aliphatic heterocycles. The zero-order valence-electron chi connectivity index (χ0n) is 15.3. The first-order chi connectivity index (χ1) is 13.6. The van der Waals surface area contributed by atoms with Crippen molar-refractivity contribution in [3.63, 3.8) is 0 Å². The van der Waals surface area contributed by atoms with Gasteiger partial charge in [-0.3, -0.25) is 14.5 Å². The number of hydrogen-bond donors (Lipinski definition) is 0. The van der Waals surface area contributed by atoms with E-state index in [-0.39, 0.29) is 17.7 Å². The van der Waals surface area contributed by atoms with E-state index >= 15 is 0 Å². The van der Waals surface area contributed by atoms with Crippen molar-refractivity contribution >= 4 is 49.6 Å². The van der Waals surface area contributed by atoms with Gasteiger partial charge in [0.05, 0.1) is 23.9 Å². The third-order valence-electron chi connectivity index (χ3n) is 4.47. The Balaban J connectivity index is 1.65. The molecule has 2 amide bonds. The summed E-state index contributed by atoms with van der Waals surface area (Å²) in [5, 5.41) is 0.582. The molecule has 0 aliphatic carbocycles. The van der Waals surface area contributed by atoms with Crippen molar-refractivity contribution in [2.75, 3.05) is 30.9 Å². The number of rotatable bonds is 6. The lowest BCUT2D eigenvalue weighted by molar-refractivity contribution is -0.119. The zero-order chi connectivity index (χ0) is 19.5. The van der Waals surface area contributed by atoms with Crippen LogP contribution >= 0.6 is 23.1 Å². The van der Waals surface area contributed by atoms with Crippen LogP contribution in [0.25, 0.3) is 10.2 Å². The Labute approximate surface area is 171 Å². The molecule has 0 radical (unpaired) electrons. The fraction of sp³-hybridized carbons (Fsp3) is 0.250. The molecule has 3 aromatic rings. The van der Waals surface area contributed by atoms with E-state index in [0.29, 0.717) is 18.2 Å². The first kappa shape index (κ1) is 18.8. The van der Waals surface area contributed by atoms with Crippen LogP contribution in [0.3, 0.4) is 0 Å². The number of aromatic nitrogens is 1.